The van der Waals surface area contributed by atoms with Crippen LogP contribution in [0.15, 0.2) is 18.2 Å². The minimum atomic E-state index is -2.24. The van der Waals surface area contributed by atoms with Gasteiger partial charge in [-0.15, -0.1) is 0 Å². The van der Waals surface area contributed by atoms with E-state index in [9.17, 15) is 39.9 Å². The molecule has 208 valence electrons. The topological polar surface area (TPSA) is 206 Å². The van der Waals surface area contributed by atoms with Crippen LogP contribution in [-0.4, -0.2) is 86.7 Å². The summed E-state index contributed by atoms with van der Waals surface area (Å²) < 4.78 is 17.0. The highest BCUT2D eigenvalue weighted by atomic mass is 16.7. The number of hydrogen-bond donors (Lipinski definition) is 6. The molecule has 0 aromatic heterocycles. The number of carbonyl (C=O) groups is 3. The zero-order chi connectivity index (χ0) is 28.4. The molecular formula is C27H29NO11. The zero-order valence-corrected chi connectivity index (χ0v) is 21.2. The quantitative estimate of drug-likeness (QED) is 0.235. The van der Waals surface area contributed by atoms with Crippen molar-refractivity contribution in [3.8, 4) is 17.2 Å². The molecule has 2 aromatic rings. The van der Waals surface area contributed by atoms with Crippen LogP contribution in [0.25, 0.3) is 0 Å². The summed E-state index contributed by atoms with van der Waals surface area (Å²) in [6.07, 6.45) is -5.12. The third-order valence-electron chi connectivity index (χ3n) is 7.81. The largest absolute Gasteiger partial charge is 0.507 e. The van der Waals surface area contributed by atoms with E-state index in [4.69, 9.17) is 19.9 Å². The molecule has 0 bridgehead atoms. The maximum atomic E-state index is 13.6. The first-order chi connectivity index (χ1) is 18.4. The molecule has 1 fully saturated rings. The van der Waals surface area contributed by atoms with Crippen LogP contribution in [0.5, 0.6) is 17.2 Å². The third-order valence-corrected chi connectivity index (χ3v) is 7.81. The number of rotatable bonds is 5. The summed E-state index contributed by atoms with van der Waals surface area (Å²) in [6.45, 7) is 0.560. The van der Waals surface area contributed by atoms with Gasteiger partial charge in [-0.25, -0.2) is 0 Å². The second-order valence-electron chi connectivity index (χ2n) is 10.2. The molecule has 0 spiro atoms. The molecule has 12 heteroatoms. The highest BCUT2D eigenvalue weighted by Crippen LogP contribution is 2.52. The molecule has 3 aliphatic rings. The predicted molar refractivity (Wildman–Crippen MR) is 132 cm³/mol. The Hall–Kier alpha value is -3.39. The number of aliphatic hydroxyl groups is 3. The van der Waals surface area contributed by atoms with E-state index in [2.05, 4.69) is 0 Å². The van der Waals surface area contributed by atoms with E-state index in [1.54, 1.807) is 6.92 Å². The summed E-state index contributed by atoms with van der Waals surface area (Å²) in [5.41, 5.74) is 2.37. The molecule has 5 rings (SSSR count). The number of ketones is 3. The number of methoxy groups -OCH3 is 1. The maximum Gasteiger partial charge on any atom is 0.202 e. The van der Waals surface area contributed by atoms with Crippen molar-refractivity contribution in [2.24, 2.45) is 5.73 Å². The van der Waals surface area contributed by atoms with Crippen molar-refractivity contribution < 1.29 is 54.1 Å². The number of benzene rings is 2. The number of phenolic OH excluding ortho intramolecular Hbond substituents is 2. The Kier molecular flexibility index (Phi) is 6.74. The fraction of sp³-hybridized carbons (Fsp3) is 0.444. The molecule has 0 radical (unpaired) electrons. The summed E-state index contributed by atoms with van der Waals surface area (Å²) in [6, 6.07) is 3.64. The summed E-state index contributed by atoms with van der Waals surface area (Å²) in [4.78, 5) is 39.7. The van der Waals surface area contributed by atoms with Crippen LogP contribution in [0, 0.1) is 0 Å². The Morgan fingerprint density at radius 3 is 2.49 bits per heavy atom. The Morgan fingerprint density at radius 1 is 1.15 bits per heavy atom. The van der Waals surface area contributed by atoms with Crippen molar-refractivity contribution in [1.82, 2.24) is 0 Å². The molecule has 2 aliphatic carbocycles. The number of nitrogens with two attached hydrogens (primary N) is 1. The molecule has 7 N–H and O–H groups in total. The van der Waals surface area contributed by atoms with E-state index < -0.39 is 95.7 Å². The standard InChI is InChI=1S/C27H29NO11/c1-10-22(31)13(28)6-17(38-10)39-15-8-27(36,16(30)9-29)7-12-19(15)26(35)21-20(24(12)33)23(32)11-4-3-5-14(37-2)18(11)25(21)34/h3-5,10,13,15,17,22,29,31,33,35-36H,6-9,28H2,1-2H3/t10-,13+,15-,17+,22+,27-/m0/s1. The number of fused-ring (bicyclic) bond motifs is 3. The van der Waals surface area contributed by atoms with Crippen LogP contribution in [0.3, 0.4) is 0 Å². The van der Waals surface area contributed by atoms with E-state index in [0.29, 0.717) is 0 Å². The number of hydrogen-bond acceptors (Lipinski definition) is 12. The first kappa shape index (κ1) is 27.2. The highest BCUT2D eigenvalue weighted by Gasteiger charge is 2.50. The normalized spacial score (nSPS) is 29.8. The Balaban J connectivity index is 1.69. The van der Waals surface area contributed by atoms with Gasteiger partial charge in [-0.1, -0.05) is 12.1 Å². The maximum absolute atomic E-state index is 13.6. The van der Waals surface area contributed by atoms with Crippen molar-refractivity contribution >= 4 is 17.3 Å². The van der Waals surface area contributed by atoms with Gasteiger partial charge >= 0.3 is 0 Å². The van der Waals surface area contributed by atoms with Crippen LogP contribution < -0.4 is 10.5 Å². The lowest BCUT2D eigenvalue weighted by molar-refractivity contribution is -0.247. The van der Waals surface area contributed by atoms with Crippen LogP contribution in [0.2, 0.25) is 0 Å². The van der Waals surface area contributed by atoms with E-state index in [1.807, 2.05) is 0 Å². The van der Waals surface area contributed by atoms with Crippen molar-refractivity contribution in [3.63, 3.8) is 0 Å². The van der Waals surface area contributed by atoms with Crippen LogP contribution in [0.4, 0.5) is 0 Å². The van der Waals surface area contributed by atoms with Crippen LogP contribution in [0.1, 0.15) is 68.8 Å². The molecule has 0 saturated carbocycles. The van der Waals surface area contributed by atoms with Gasteiger partial charge in [-0.05, 0) is 13.0 Å². The fourth-order valence-corrected chi connectivity index (χ4v) is 5.75. The van der Waals surface area contributed by atoms with Crippen molar-refractivity contribution in [3.05, 3.63) is 51.6 Å². The van der Waals surface area contributed by atoms with Crippen LogP contribution >= 0.6 is 0 Å². The van der Waals surface area contributed by atoms with Crippen LogP contribution in [-0.2, 0) is 20.7 Å². The summed E-state index contributed by atoms with van der Waals surface area (Å²) in [7, 11) is 1.32. The van der Waals surface area contributed by atoms with Gasteiger partial charge in [0.2, 0.25) is 5.78 Å². The number of phenols is 2. The molecule has 2 aromatic carbocycles. The SMILES string of the molecule is COc1cccc2c1C(=O)c1c(O)c3c(c(O)c1C2=O)C[C@@](O)(C(=O)CO)C[C@@H]3O[C@@H]1C[C@@H](N)[C@H](O)[C@H](C)O1. The fourth-order valence-electron chi connectivity index (χ4n) is 5.75. The monoisotopic (exact) mass is 543 g/mol. The Bertz CT molecular complexity index is 1380. The van der Waals surface area contributed by atoms with E-state index in [1.165, 1.54) is 25.3 Å². The van der Waals surface area contributed by atoms with Gasteiger partial charge in [0.1, 0.15) is 29.5 Å². The molecule has 1 heterocycles. The molecular weight excluding hydrogens is 514 g/mol. The van der Waals surface area contributed by atoms with E-state index >= 15 is 0 Å². The second-order valence-corrected chi connectivity index (χ2v) is 10.2. The molecule has 12 nitrogen and oxygen atoms in total. The highest BCUT2D eigenvalue weighted by molar-refractivity contribution is 6.31. The Morgan fingerprint density at radius 2 is 1.85 bits per heavy atom. The van der Waals surface area contributed by atoms with Crippen molar-refractivity contribution in [2.45, 2.75) is 62.4 Å². The molecule has 1 saturated heterocycles. The van der Waals surface area contributed by atoms with Gasteiger partial charge in [0, 0.05) is 42.0 Å². The minimum absolute atomic E-state index is 0.0173. The number of carbonyl (C=O) groups excluding carboxylic acids is 3. The molecule has 6 atom stereocenters. The van der Waals surface area contributed by atoms with E-state index in [0.717, 1.165) is 0 Å². The van der Waals surface area contributed by atoms with Gasteiger partial charge in [0.15, 0.2) is 17.9 Å². The second kappa shape index (κ2) is 9.66. The molecule has 1 aliphatic heterocycles. The summed E-state index contributed by atoms with van der Waals surface area (Å²) >= 11 is 0. The van der Waals surface area contributed by atoms with Gasteiger partial charge in [-0.3, -0.25) is 14.4 Å². The minimum Gasteiger partial charge on any atom is -0.507 e. The van der Waals surface area contributed by atoms with Gasteiger partial charge in [0.25, 0.3) is 0 Å². The number of Topliss-reactive ketones (excluding diaryl/α,β-unsaturated/α-hetero) is 1. The van der Waals surface area contributed by atoms with Gasteiger partial charge in [-0.2, -0.15) is 0 Å². The first-order valence-electron chi connectivity index (χ1n) is 12.4. The smallest absolute Gasteiger partial charge is 0.202 e. The molecule has 39 heavy (non-hydrogen) atoms. The molecule has 0 amide bonds. The molecule has 0 unspecified atom stereocenters. The third kappa shape index (κ3) is 4.11. The number of aliphatic hydroxyl groups excluding tert-OH is 2. The average Bonchev–Trinajstić information content (AvgIpc) is 2.90. The zero-order valence-electron chi connectivity index (χ0n) is 21.2. The summed E-state index contributed by atoms with van der Waals surface area (Å²) in [5.74, 6) is -3.77. The lowest BCUT2D eigenvalue weighted by Gasteiger charge is -2.42. The average molecular weight is 544 g/mol. The summed E-state index contributed by atoms with van der Waals surface area (Å²) in [5, 5.41) is 53.7. The van der Waals surface area contributed by atoms with Gasteiger partial charge in [0.05, 0.1) is 42.1 Å². The van der Waals surface area contributed by atoms with Gasteiger partial charge < -0.3 is 45.5 Å². The first-order valence-corrected chi connectivity index (χ1v) is 12.4. The lowest BCUT2D eigenvalue weighted by Crippen LogP contribution is -2.53. The van der Waals surface area contributed by atoms with Crippen molar-refractivity contribution in [1.29, 1.82) is 0 Å². The predicted octanol–water partition coefficient (Wildman–Crippen LogP) is 0.00130. The number of ether oxygens (including phenoxy) is 3. The lowest BCUT2D eigenvalue weighted by atomic mass is 9.72. The van der Waals surface area contributed by atoms with Crippen molar-refractivity contribution in [2.75, 3.05) is 13.7 Å². The van der Waals surface area contributed by atoms with E-state index in [-0.39, 0.29) is 34.4 Å². The Labute approximate surface area is 222 Å². The number of aromatic hydroxyl groups is 2.